The Kier molecular flexibility index (Phi) is 6.08. The predicted molar refractivity (Wildman–Crippen MR) is 66.0 cm³/mol. The monoisotopic (exact) mass is 242 g/mol. The molecule has 0 radical (unpaired) electrons. The molecule has 1 aromatic rings. The Morgan fingerprint density at radius 3 is 2.47 bits per heavy atom. The van der Waals surface area contributed by atoms with E-state index in [0.717, 1.165) is 32.1 Å². The van der Waals surface area contributed by atoms with Crippen molar-refractivity contribution in [3.05, 3.63) is 34.9 Å². The zero-order valence-corrected chi connectivity index (χ0v) is 10.4. The van der Waals surface area contributed by atoms with E-state index in [1.54, 1.807) is 13.0 Å². The first-order chi connectivity index (χ1) is 8.15. The van der Waals surface area contributed by atoms with Gasteiger partial charge < -0.3 is 10.6 Å². The normalized spacial score (nSPS) is 10.8. The molecule has 0 heterocycles. The largest absolute Gasteiger partial charge is 0.317 e. The average Bonchev–Trinajstić information content (AvgIpc) is 2.30. The number of hydrogen-bond acceptors (Lipinski definition) is 2. The summed E-state index contributed by atoms with van der Waals surface area (Å²) in [6, 6.07) is 2.51. The summed E-state index contributed by atoms with van der Waals surface area (Å²) in [6.07, 6.45) is 0.996. The van der Waals surface area contributed by atoms with Crippen molar-refractivity contribution in [3.8, 4) is 0 Å². The van der Waals surface area contributed by atoms with Crippen LogP contribution < -0.4 is 10.6 Å². The van der Waals surface area contributed by atoms with Crippen molar-refractivity contribution in [1.29, 1.82) is 0 Å². The van der Waals surface area contributed by atoms with Crippen molar-refractivity contribution in [2.24, 2.45) is 0 Å². The van der Waals surface area contributed by atoms with Crippen LogP contribution in [0.2, 0.25) is 0 Å². The summed E-state index contributed by atoms with van der Waals surface area (Å²) in [7, 11) is 0. The molecule has 1 rings (SSSR count). The van der Waals surface area contributed by atoms with Gasteiger partial charge in [0.2, 0.25) is 0 Å². The van der Waals surface area contributed by atoms with Crippen molar-refractivity contribution < 1.29 is 8.78 Å². The Bertz CT molecular complexity index is 354. The van der Waals surface area contributed by atoms with E-state index in [9.17, 15) is 8.78 Å². The second-order valence-electron chi connectivity index (χ2n) is 4.08. The molecule has 2 N–H and O–H groups in total. The molecule has 0 aromatic heterocycles. The number of halogens is 2. The van der Waals surface area contributed by atoms with Gasteiger partial charge in [-0.05, 0) is 44.6 Å². The van der Waals surface area contributed by atoms with Gasteiger partial charge >= 0.3 is 0 Å². The number of aryl methyl sites for hydroxylation is 1. The summed E-state index contributed by atoms with van der Waals surface area (Å²) in [5, 5.41) is 6.36. The maximum Gasteiger partial charge on any atom is 0.130 e. The van der Waals surface area contributed by atoms with Crippen molar-refractivity contribution in [2.45, 2.75) is 26.8 Å². The van der Waals surface area contributed by atoms with Gasteiger partial charge in [0.1, 0.15) is 11.6 Å². The number of rotatable bonds is 7. The van der Waals surface area contributed by atoms with Gasteiger partial charge in [-0.3, -0.25) is 0 Å². The fraction of sp³-hybridized carbons (Fsp3) is 0.538. The molecule has 0 fully saturated rings. The summed E-state index contributed by atoms with van der Waals surface area (Å²) >= 11 is 0. The van der Waals surface area contributed by atoms with Crippen LogP contribution in [-0.4, -0.2) is 19.6 Å². The minimum atomic E-state index is -0.488. The summed E-state index contributed by atoms with van der Waals surface area (Å²) in [6.45, 7) is 6.88. The van der Waals surface area contributed by atoms with Crippen LogP contribution in [0.5, 0.6) is 0 Å². The molecule has 0 saturated heterocycles. The molecule has 4 heteroatoms. The van der Waals surface area contributed by atoms with Gasteiger partial charge in [0.25, 0.3) is 0 Å². The van der Waals surface area contributed by atoms with E-state index in [1.807, 2.05) is 0 Å². The third-order valence-corrected chi connectivity index (χ3v) is 2.60. The van der Waals surface area contributed by atoms with Crippen molar-refractivity contribution in [1.82, 2.24) is 10.6 Å². The van der Waals surface area contributed by atoms with Gasteiger partial charge in [0.15, 0.2) is 0 Å². The maximum atomic E-state index is 13.4. The lowest BCUT2D eigenvalue weighted by Gasteiger charge is -2.08. The van der Waals surface area contributed by atoms with Crippen LogP contribution in [0.3, 0.4) is 0 Å². The first-order valence-corrected chi connectivity index (χ1v) is 6.01. The molecule has 0 atom stereocenters. The fourth-order valence-corrected chi connectivity index (χ4v) is 1.59. The molecule has 2 nitrogen and oxygen atoms in total. The molecule has 0 aliphatic heterocycles. The van der Waals surface area contributed by atoms with Gasteiger partial charge in [-0.1, -0.05) is 6.92 Å². The summed E-state index contributed by atoms with van der Waals surface area (Å²) in [5.41, 5.74) is 1.00. The van der Waals surface area contributed by atoms with E-state index in [4.69, 9.17) is 0 Å². The van der Waals surface area contributed by atoms with Gasteiger partial charge in [-0.2, -0.15) is 0 Å². The molecule has 0 spiro atoms. The first kappa shape index (κ1) is 14.1. The zero-order valence-electron chi connectivity index (χ0n) is 10.4. The lowest BCUT2D eigenvalue weighted by Crippen LogP contribution is -2.21. The molecule has 96 valence electrons. The molecule has 0 amide bonds. The van der Waals surface area contributed by atoms with Crippen LogP contribution in [0, 0.1) is 18.6 Å². The van der Waals surface area contributed by atoms with Gasteiger partial charge in [-0.15, -0.1) is 0 Å². The molecular weight excluding hydrogens is 222 g/mol. The molecule has 0 aliphatic rings. The number of nitrogens with one attached hydrogen (secondary N) is 2. The molecular formula is C13H20F2N2. The van der Waals surface area contributed by atoms with Crippen LogP contribution in [0.1, 0.15) is 24.5 Å². The first-order valence-electron chi connectivity index (χ1n) is 6.01. The van der Waals surface area contributed by atoms with Crippen LogP contribution >= 0.6 is 0 Å². The highest BCUT2D eigenvalue weighted by Gasteiger charge is 2.06. The Labute approximate surface area is 101 Å². The highest BCUT2D eigenvalue weighted by molar-refractivity contribution is 5.25. The van der Waals surface area contributed by atoms with E-state index in [1.165, 1.54) is 0 Å². The minimum absolute atomic E-state index is 0.444. The zero-order chi connectivity index (χ0) is 12.7. The second kappa shape index (κ2) is 7.35. The van der Waals surface area contributed by atoms with Crippen molar-refractivity contribution in [3.63, 3.8) is 0 Å². The Balaban J connectivity index is 2.34. The van der Waals surface area contributed by atoms with Crippen LogP contribution in [0.15, 0.2) is 12.1 Å². The second-order valence-corrected chi connectivity index (χ2v) is 4.08. The fourth-order valence-electron chi connectivity index (χ4n) is 1.59. The quantitative estimate of drug-likeness (QED) is 0.717. The minimum Gasteiger partial charge on any atom is -0.317 e. The average molecular weight is 242 g/mol. The summed E-state index contributed by atoms with van der Waals surface area (Å²) in [4.78, 5) is 0. The lowest BCUT2D eigenvalue weighted by molar-refractivity contribution is 0.549. The predicted octanol–water partition coefficient (Wildman–Crippen LogP) is 2.36. The standard InChI is InChI=1S/C13H20F2N2/c1-3-16-5-4-6-17-9-11-7-10(2)12(14)8-13(11)15/h7-8,16-17H,3-6,9H2,1-2H3. The van der Waals surface area contributed by atoms with E-state index in [-0.39, 0.29) is 0 Å². The molecule has 1 aromatic carbocycles. The maximum absolute atomic E-state index is 13.4. The van der Waals surface area contributed by atoms with Crippen molar-refractivity contribution >= 4 is 0 Å². The third-order valence-electron chi connectivity index (χ3n) is 2.60. The summed E-state index contributed by atoms with van der Waals surface area (Å²) < 4.78 is 26.4. The Morgan fingerprint density at radius 2 is 1.76 bits per heavy atom. The van der Waals surface area contributed by atoms with Gasteiger partial charge in [0, 0.05) is 18.2 Å². The Hall–Kier alpha value is -1.00. The highest BCUT2D eigenvalue weighted by Crippen LogP contribution is 2.13. The highest BCUT2D eigenvalue weighted by atomic mass is 19.1. The molecule has 0 aliphatic carbocycles. The molecule has 17 heavy (non-hydrogen) atoms. The lowest BCUT2D eigenvalue weighted by atomic mass is 10.1. The number of benzene rings is 1. The molecule has 0 bridgehead atoms. The Morgan fingerprint density at radius 1 is 1.06 bits per heavy atom. The van der Waals surface area contributed by atoms with Crippen LogP contribution in [0.4, 0.5) is 8.78 Å². The SMILES string of the molecule is CCNCCCNCc1cc(C)c(F)cc1F. The smallest absolute Gasteiger partial charge is 0.130 e. The van der Waals surface area contributed by atoms with E-state index in [2.05, 4.69) is 17.6 Å². The summed E-state index contributed by atoms with van der Waals surface area (Å²) in [5.74, 6) is -0.967. The van der Waals surface area contributed by atoms with E-state index in [0.29, 0.717) is 17.7 Å². The van der Waals surface area contributed by atoms with E-state index >= 15 is 0 Å². The van der Waals surface area contributed by atoms with Gasteiger partial charge in [0.05, 0.1) is 0 Å². The van der Waals surface area contributed by atoms with Crippen LogP contribution in [0.25, 0.3) is 0 Å². The number of hydrogen-bond donors (Lipinski definition) is 2. The topological polar surface area (TPSA) is 24.1 Å². The van der Waals surface area contributed by atoms with Crippen LogP contribution in [-0.2, 0) is 6.54 Å². The molecule has 0 saturated carbocycles. The van der Waals surface area contributed by atoms with Gasteiger partial charge in [-0.25, -0.2) is 8.78 Å². The van der Waals surface area contributed by atoms with E-state index < -0.39 is 11.6 Å². The third kappa shape index (κ3) is 4.79. The molecule has 0 unspecified atom stereocenters. The van der Waals surface area contributed by atoms with Crippen molar-refractivity contribution in [2.75, 3.05) is 19.6 Å².